The molecule has 144 valence electrons. The van der Waals surface area contributed by atoms with Crippen LogP contribution in [0.25, 0.3) is 0 Å². The normalized spacial score (nSPS) is 11.1. The summed E-state index contributed by atoms with van der Waals surface area (Å²) < 4.78 is 13.2. The second-order valence-corrected chi connectivity index (χ2v) is 7.62. The number of carbonyl (C=O) groups is 2. The van der Waals surface area contributed by atoms with Crippen LogP contribution < -0.4 is 10.2 Å². The highest BCUT2D eigenvalue weighted by Gasteiger charge is 2.16. The number of hydrogen-bond donors (Lipinski definition) is 1. The Balaban J connectivity index is 1.93. The van der Waals surface area contributed by atoms with Gasteiger partial charge < -0.3 is 10.2 Å². The van der Waals surface area contributed by atoms with Crippen molar-refractivity contribution in [2.75, 3.05) is 18.0 Å². The highest BCUT2D eigenvalue weighted by Crippen LogP contribution is 2.25. The molecule has 2 aromatic carbocycles. The minimum atomic E-state index is -0.359. The molecule has 2 aromatic rings. The quantitative estimate of drug-likeness (QED) is 0.840. The molecule has 0 aromatic heterocycles. The van der Waals surface area contributed by atoms with E-state index in [-0.39, 0.29) is 29.5 Å². The van der Waals surface area contributed by atoms with Gasteiger partial charge in [0.05, 0.1) is 6.42 Å². The molecule has 0 saturated carbocycles. The Labute approximate surface area is 160 Å². The molecule has 0 heterocycles. The molecule has 0 saturated heterocycles. The molecule has 2 amide bonds. The maximum Gasteiger partial charge on any atom is 0.224 e. The van der Waals surface area contributed by atoms with E-state index < -0.39 is 0 Å². The lowest BCUT2D eigenvalue weighted by molar-refractivity contribution is -0.121. The average Bonchev–Trinajstić information content (AvgIpc) is 2.58. The molecule has 0 radical (unpaired) electrons. The highest BCUT2D eigenvalue weighted by atomic mass is 19.1. The largest absolute Gasteiger partial charge is 0.354 e. The Morgan fingerprint density at radius 3 is 2.30 bits per heavy atom. The number of carbonyl (C=O) groups excluding carboxylic acids is 2. The minimum absolute atomic E-state index is 0.0461. The molecule has 0 aliphatic rings. The number of amides is 2. The van der Waals surface area contributed by atoms with Crippen LogP contribution in [0.15, 0.2) is 48.5 Å². The minimum Gasteiger partial charge on any atom is -0.354 e. The van der Waals surface area contributed by atoms with Gasteiger partial charge in [-0.25, -0.2) is 4.39 Å². The van der Waals surface area contributed by atoms with Gasteiger partial charge in [-0.2, -0.15) is 0 Å². The van der Waals surface area contributed by atoms with Crippen molar-refractivity contribution in [1.82, 2.24) is 5.32 Å². The van der Waals surface area contributed by atoms with Crippen molar-refractivity contribution in [3.63, 3.8) is 0 Å². The number of halogens is 1. The van der Waals surface area contributed by atoms with Gasteiger partial charge >= 0.3 is 0 Å². The molecule has 4 nitrogen and oxygen atoms in total. The first-order valence-corrected chi connectivity index (χ1v) is 9.06. The Bertz CT molecular complexity index is 795. The average molecular weight is 370 g/mol. The molecule has 0 bridgehead atoms. The van der Waals surface area contributed by atoms with Gasteiger partial charge in [0.1, 0.15) is 5.82 Å². The van der Waals surface area contributed by atoms with E-state index in [1.165, 1.54) is 24.6 Å². The van der Waals surface area contributed by atoms with Gasteiger partial charge in [-0.3, -0.25) is 9.59 Å². The van der Waals surface area contributed by atoms with E-state index >= 15 is 0 Å². The predicted molar refractivity (Wildman–Crippen MR) is 106 cm³/mol. The molecular weight excluding hydrogens is 343 g/mol. The van der Waals surface area contributed by atoms with Gasteiger partial charge in [0, 0.05) is 25.7 Å². The van der Waals surface area contributed by atoms with Crippen LogP contribution in [0.5, 0.6) is 0 Å². The molecule has 2 rings (SSSR count). The molecular formula is C22H27FN2O2. The van der Waals surface area contributed by atoms with Gasteiger partial charge in [-0.05, 0) is 40.8 Å². The summed E-state index contributed by atoms with van der Waals surface area (Å²) in [5, 5.41) is 2.79. The van der Waals surface area contributed by atoms with Crippen molar-refractivity contribution in [1.29, 1.82) is 0 Å². The molecule has 0 fully saturated rings. The summed E-state index contributed by atoms with van der Waals surface area (Å²) in [6, 6.07) is 13.9. The SMILES string of the molecule is CC(=O)N(CCNC(=O)Cc1cccc(F)c1)c1ccc(C(C)(C)C)cc1. The summed E-state index contributed by atoms with van der Waals surface area (Å²) in [6.45, 7) is 8.62. The molecule has 5 heteroatoms. The van der Waals surface area contributed by atoms with Gasteiger partial charge in [0.25, 0.3) is 0 Å². The molecule has 0 unspecified atom stereocenters. The first-order valence-electron chi connectivity index (χ1n) is 9.06. The number of hydrogen-bond acceptors (Lipinski definition) is 2. The Hall–Kier alpha value is -2.69. The first-order chi connectivity index (χ1) is 12.7. The Morgan fingerprint density at radius 2 is 1.74 bits per heavy atom. The zero-order valence-corrected chi connectivity index (χ0v) is 16.4. The Kier molecular flexibility index (Phi) is 6.72. The zero-order valence-electron chi connectivity index (χ0n) is 16.4. The molecule has 0 atom stereocenters. The third kappa shape index (κ3) is 6.20. The lowest BCUT2D eigenvalue weighted by Crippen LogP contribution is -2.38. The molecule has 0 spiro atoms. The van der Waals surface area contributed by atoms with E-state index in [9.17, 15) is 14.0 Å². The lowest BCUT2D eigenvalue weighted by Gasteiger charge is -2.24. The smallest absolute Gasteiger partial charge is 0.224 e. The van der Waals surface area contributed by atoms with Gasteiger partial charge in [-0.1, -0.05) is 45.0 Å². The zero-order chi connectivity index (χ0) is 20.0. The maximum atomic E-state index is 13.2. The standard InChI is InChI=1S/C22H27FN2O2/c1-16(26)25(20-10-8-18(9-11-20)22(2,3)4)13-12-24-21(27)15-17-6-5-7-19(23)14-17/h5-11,14H,12-13,15H2,1-4H3,(H,24,27). The molecule has 27 heavy (non-hydrogen) atoms. The van der Waals surface area contributed by atoms with Crippen LogP contribution in [0.4, 0.5) is 10.1 Å². The predicted octanol–water partition coefficient (Wildman–Crippen LogP) is 3.84. The van der Waals surface area contributed by atoms with E-state index in [1.807, 2.05) is 24.3 Å². The van der Waals surface area contributed by atoms with Crippen molar-refractivity contribution in [2.45, 2.75) is 39.5 Å². The van der Waals surface area contributed by atoms with E-state index in [4.69, 9.17) is 0 Å². The fraction of sp³-hybridized carbons (Fsp3) is 0.364. The third-order valence-corrected chi connectivity index (χ3v) is 4.34. The first kappa shape index (κ1) is 20.6. The fourth-order valence-corrected chi connectivity index (χ4v) is 2.81. The third-order valence-electron chi connectivity index (χ3n) is 4.34. The van der Waals surface area contributed by atoms with Crippen LogP contribution >= 0.6 is 0 Å². The van der Waals surface area contributed by atoms with Crippen LogP contribution in [0.2, 0.25) is 0 Å². The van der Waals surface area contributed by atoms with Crippen LogP contribution in [0.1, 0.15) is 38.8 Å². The van der Waals surface area contributed by atoms with Crippen molar-refractivity contribution >= 4 is 17.5 Å². The second kappa shape index (κ2) is 8.80. The summed E-state index contributed by atoms with van der Waals surface area (Å²) in [4.78, 5) is 25.7. The van der Waals surface area contributed by atoms with E-state index in [1.54, 1.807) is 17.0 Å². The van der Waals surface area contributed by atoms with Gasteiger partial charge in [-0.15, -0.1) is 0 Å². The maximum absolute atomic E-state index is 13.2. The summed E-state index contributed by atoms with van der Waals surface area (Å²) in [5.41, 5.74) is 2.66. The summed E-state index contributed by atoms with van der Waals surface area (Å²) in [7, 11) is 0. The lowest BCUT2D eigenvalue weighted by atomic mass is 9.87. The van der Waals surface area contributed by atoms with Crippen molar-refractivity contribution in [3.05, 3.63) is 65.5 Å². The second-order valence-electron chi connectivity index (χ2n) is 7.62. The summed E-state index contributed by atoms with van der Waals surface area (Å²) in [5.74, 6) is -0.646. The number of benzene rings is 2. The van der Waals surface area contributed by atoms with E-state index in [2.05, 4.69) is 26.1 Å². The van der Waals surface area contributed by atoms with Crippen molar-refractivity contribution in [2.24, 2.45) is 0 Å². The van der Waals surface area contributed by atoms with Crippen LogP contribution in [0, 0.1) is 5.82 Å². The van der Waals surface area contributed by atoms with Crippen molar-refractivity contribution < 1.29 is 14.0 Å². The number of rotatable bonds is 6. The number of nitrogens with zero attached hydrogens (tertiary/aromatic N) is 1. The molecule has 0 aliphatic carbocycles. The monoisotopic (exact) mass is 370 g/mol. The molecule has 1 N–H and O–H groups in total. The number of anilines is 1. The van der Waals surface area contributed by atoms with Crippen LogP contribution in [-0.2, 0) is 21.4 Å². The van der Waals surface area contributed by atoms with E-state index in [0.717, 1.165) is 5.69 Å². The summed E-state index contributed by atoms with van der Waals surface area (Å²) in [6.07, 6.45) is 0.109. The number of nitrogens with one attached hydrogen (secondary N) is 1. The highest BCUT2D eigenvalue weighted by molar-refractivity contribution is 5.91. The molecule has 0 aliphatic heterocycles. The summed E-state index contributed by atoms with van der Waals surface area (Å²) >= 11 is 0. The van der Waals surface area contributed by atoms with Gasteiger partial charge in [0.15, 0.2) is 0 Å². The van der Waals surface area contributed by atoms with Crippen molar-refractivity contribution in [3.8, 4) is 0 Å². The van der Waals surface area contributed by atoms with Gasteiger partial charge in [0.2, 0.25) is 11.8 Å². The Morgan fingerprint density at radius 1 is 1.07 bits per heavy atom. The topological polar surface area (TPSA) is 49.4 Å². The van der Waals surface area contributed by atoms with Crippen LogP contribution in [0.3, 0.4) is 0 Å². The van der Waals surface area contributed by atoms with E-state index in [0.29, 0.717) is 18.7 Å². The fourth-order valence-electron chi connectivity index (χ4n) is 2.81. The van der Waals surface area contributed by atoms with Crippen LogP contribution in [-0.4, -0.2) is 24.9 Å².